The summed E-state index contributed by atoms with van der Waals surface area (Å²) >= 11 is 0. The molecule has 1 aliphatic heterocycles. The molecule has 0 aromatic heterocycles. The highest BCUT2D eigenvalue weighted by atomic mass is 16.6. The molecular formula is C41H71NO7. The number of hydrogen-bond acceptors (Lipinski definition) is 7. The predicted octanol–water partition coefficient (Wildman–Crippen LogP) is 7.89. The van der Waals surface area contributed by atoms with Crippen molar-refractivity contribution >= 4 is 12.1 Å². The van der Waals surface area contributed by atoms with Crippen LogP contribution in [0.5, 0.6) is 0 Å². The smallest absolute Gasteiger partial charge is 0.410 e. The van der Waals surface area contributed by atoms with Crippen molar-refractivity contribution in [1.82, 2.24) is 4.90 Å². The van der Waals surface area contributed by atoms with Crippen LogP contribution in [0.4, 0.5) is 4.79 Å². The van der Waals surface area contributed by atoms with Gasteiger partial charge in [-0.2, -0.15) is 0 Å². The molecule has 3 N–H and O–H groups in total. The highest BCUT2D eigenvalue weighted by molar-refractivity contribution is 5.75. The van der Waals surface area contributed by atoms with E-state index in [0.717, 1.165) is 64.2 Å². The van der Waals surface area contributed by atoms with Gasteiger partial charge in [0.1, 0.15) is 11.7 Å². The number of esters is 1. The summed E-state index contributed by atoms with van der Waals surface area (Å²) in [6, 6.07) is 0. The molecule has 1 unspecified atom stereocenters. The molecule has 5 fully saturated rings. The van der Waals surface area contributed by atoms with Gasteiger partial charge in [-0.05, 0) is 159 Å². The molecule has 4 aliphatic carbocycles. The quantitative estimate of drug-likeness (QED) is 0.233. The van der Waals surface area contributed by atoms with Crippen molar-refractivity contribution in [2.45, 2.75) is 182 Å². The molecule has 282 valence electrons. The molecule has 0 radical (unpaired) electrons. The highest BCUT2D eigenvalue weighted by Gasteiger charge is 2.71. The molecule has 11 atom stereocenters. The number of amides is 1. The minimum Gasteiger partial charge on any atom is -0.462 e. The molecule has 4 saturated carbocycles. The lowest BCUT2D eigenvalue weighted by Crippen LogP contribution is -2.66. The number of carbonyl (C=O) groups excluding carboxylic acids is 2. The molecule has 0 aromatic carbocycles. The summed E-state index contributed by atoms with van der Waals surface area (Å²) < 4.78 is 12.0. The van der Waals surface area contributed by atoms with Crippen LogP contribution in [0, 0.1) is 51.2 Å². The van der Waals surface area contributed by atoms with Gasteiger partial charge in [0, 0.05) is 18.5 Å². The van der Waals surface area contributed by atoms with Gasteiger partial charge in [-0.1, -0.05) is 34.6 Å². The third-order valence-electron chi connectivity index (χ3n) is 15.3. The lowest BCUT2D eigenvalue weighted by molar-refractivity contribution is -0.250. The van der Waals surface area contributed by atoms with Crippen molar-refractivity contribution in [2.24, 2.45) is 51.2 Å². The summed E-state index contributed by atoms with van der Waals surface area (Å²) in [5.74, 6) is 0.246. The van der Waals surface area contributed by atoms with Crippen LogP contribution in [0.3, 0.4) is 0 Å². The SMILES string of the molecule is CC(C)(O)CCC[C@@](C)(O)[C@H]1CC[C@]2(C)[C@@H]1[C@H](O)C[C@@H]1[C@@]3(C)CC[C@H](OC(=O)C4CCCN(C(=O)OC(C)(C)C)C4)C(C)(C)[C@@H]3CC[C@]12C. The molecule has 5 rings (SSSR count). The van der Waals surface area contributed by atoms with Crippen LogP contribution in [0.15, 0.2) is 0 Å². The number of carbonyl (C=O) groups is 2. The lowest BCUT2D eigenvalue weighted by Gasteiger charge is -2.70. The summed E-state index contributed by atoms with van der Waals surface area (Å²) in [4.78, 5) is 28.1. The van der Waals surface area contributed by atoms with E-state index in [1.165, 1.54) is 0 Å². The maximum Gasteiger partial charge on any atom is 0.410 e. The fraction of sp³-hybridized carbons (Fsp3) is 0.951. The normalized spacial score (nSPS) is 41.9. The Bertz CT molecular complexity index is 1230. The van der Waals surface area contributed by atoms with Gasteiger partial charge in [0.15, 0.2) is 0 Å². The van der Waals surface area contributed by atoms with Crippen molar-refractivity contribution in [3.05, 3.63) is 0 Å². The van der Waals surface area contributed by atoms with E-state index in [9.17, 15) is 24.9 Å². The van der Waals surface area contributed by atoms with E-state index in [1.54, 1.807) is 4.90 Å². The Morgan fingerprint density at radius 2 is 1.49 bits per heavy atom. The van der Waals surface area contributed by atoms with Gasteiger partial charge >= 0.3 is 12.1 Å². The van der Waals surface area contributed by atoms with E-state index in [1.807, 2.05) is 41.5 Å². The maximum absolute atomic E-state index is 13.7. The molecule has 8 nitrogen and oxygen atoms in total. The summed E-state index contributed by atoms with van der Waals surface area (Å²) in [6.45, 7) is 24.1. The summed E-state index contributed by atoms with van der Waals surface area (Å²) in [6.07, 6.45) is 9.08. The molecule has 1 amide bonds. The van der Waals surface area contributed by atoms with Gasteiger partial charge in [-0.3, -0.25) is 4.79 Å². The van der Waals surface area contributed by atoms with Crippen LogP contribution >= 0.6 is 0 Å². The average Bonchev–Trinajstić information content (AvgIpc) is 3.35. The zero-order valence-corrected chi connectivity index (χ0v) is 32.9. The number of aliphatic hydroxyl groups excluding tert-OH is 1. The van der Waals surface area contributed by atoms with Crippen LogP contribution in [0.1, 0.15) is 153 Å². The largest absolute Gasteiger partial charge is 0.462 e. The van der Waals surface area contributed by atoms with E-state index in [-0.39, 0.29) is 57.6 Å². The van der Waals surface area contributed by atoms with Gasteiger partial charge in [-0.25, -0.2) is 4.79 Å². The molecule has 0 bridgehead atoms. The Balaban J connectivity index is 1.30. The van der Waals surface area contributed by atoms with Crippen LogP contribution in [0.25, 0.3) is 0 Å². The van der Waals surface area contributed by atoms with Crippen LogP contribution < -0.4 is 0 Å². The minimum absolute atomic E-state index is 0.0000319. The first-order chi connectivity index (χ1) is 22.4. The monoisotopic (exact) mass is 690 g/mol. The molecule has 1 saturated heterocycles. The van der Waals surface area contributed by atoms with Crippen molar-refractivity contribution in [3.63, 3.8) is 0 Å². The zero-order valence-electron chi connectivity index (χ0n) is 32.9. The molecule has 0 spiro atoms. The van der Waals surface area contributed by atoms with E-state index in [4.69, 9.17) is 9.47 Å². The number of likely N-dealkylation sites (tertiary alicyclic amines) is 1. The summed E-state index contributed by atoms with van der Waals surface area (Å²) in [5, 5.41) is 34.3. The number of hydrogen-bond donors (Lipinski definition) is 3. The molecule has 0 aromatic rings. The Hall–Kier alpha value is -1.38. The Kier molecular flexibility index (Phi) is 10.3. The standard InChI is InChI=1S/C41H71NO7/c1-35(2,3)49-34(45)42-23-12-14-26(25-42)33(44)48-31-17-20-38(8)29(37(31,6)7)16-22-39(9)30(38)24-28(43)32-27(15-21-40(32,39)10)41(11,47)19-13-18-36(4,5)46/h26-32,43,46-47H,12-25H2,1-11H3/t26?,27-,28+,29-,30+,31-,32-,38-,39+,40+,41+/m0/s1. The molecule has 49 heavy (non-hydrogen) atoms. The molecular weight excluding hydrogens is 618 g/mol. The maximum atomic E-state index is 13.7. The van der Waals surface area contributed by atoms with Gasteiger partial charge in [0.2, 0.25) is 0 Å². The van der Waals surface area contributed by atoms with Crippen LogP contribution in [0.2, 0.25) is 0 Å². The van der Waals surface area contributed by atoms with Crippen LogP contribution in [-0.4, -0.2) is 74.4 Å². The number of piperidine rings is 1. The highest BCUT2D eigenvalue weighted by Crippen LogP contribution is 2.76. The Morgan fingerprint density at radius 1 is 0.837 bits per heavy atom. The number of nitrogens with zero attached hydrogens (tertiary/aromatic N) is 1. The first kappa shape index (κ1) is 38.8. The average molecular weight is 690 g/mol. The van der Waals surface area contributed by atoms with E-state index >= 15 is 0 Å². The molecule has 8 heteroatoms. The predicted molar refractivity (Wildman–Crippen MR) is 192 cm³/mol. The first-order valence-corrected chi connectivity index (χ1v) is 19.7. The number of fused-ring (bicyclic) bond motifs is 5. The van der Waals surface area contributed by atoms with Gasteiger partial charge < -0.3 is 29.7 Å². The number of aliphatic hydroxyl groups is 3. The summed E-state index contributed by atoms with van der Waals surface area (Å²) in [5.41, 5.74) is -2.48. The van der Waals surface area contributed by atoms with Crippen molar-refractivity contribution in [3.8, 4) is 0 Å². The van der Waals surface area contributed by atoms with Gasteiger partial charge in [0.25, 0.3) is 0 Å². The number of ether oxygens (including phenoxy) is 2. The molecule has 5 aliphatic rings. The third-order valence-corrected chi connectivity index (χ3v) is 15.3. The molecule has 1 heterocycles. The van der Waals surface area contributed by atoms with Crippen molar-refractivity contribution < 1.29 is 34.4 Å². The topological polar surface area (TPSA) is 117 Å². The first-order valence-electron chi connectivity index (χ1n) is 19.7. The Morgan fingerprint density at radius 3 is 2.12 bits per heavy atom. The second-order valence-corrected chi connectivity index (χ2v) is 20.5. The second kappa shape index (κ2) is 12.9. The van der Waals surface area contributed by atoms with Gasteiger partial charge in [0.05, 0.1) is 23.2 Å². The Labute approximate surface area is 297 Å². The number of rotatable bonds is 7. The lowest BCUT2D eigenvalue weighted by atomic mass is 9.35. The van der Waals surface area contributed by atoms with Crippen LogP contribution in [-0.2, 0) is 14.3 Å². The third kappa shape index (κ3) is 7.06. The summed E-state index contributed by atoms with van der Waals surface area (Å²) in [7, 11) is 0. The second-order valence-electron chi connectivity index (χ2n) is 20.5. The zero-order chi connectivity index (χ0) is 36.6. The van der Waals surface area contributed by atoms with E-state index in [0.29, 0.717) is 37.8 Å². The van der Waals surface area contributed by atoms with Crippen molar-refractivity contribution in [1.29, 1.82) is 0 Å². The van der Waals surface area contributed by atoms with Gasteiger partial charge in [-0.15, -0.1) is 0 Å². The minimum atomic E-state index is -0.884. The van der Waals surface area contributed by atoms with E-state index in [2.05, 4.69) is 34.6 Å². The van der Waals surface area contributed by atoms with Crippen molar-refractivity contribution in [2.75, 3.05) is 13.1 Å². The van der Waals surface area contributed by atoms with E-state index < -0.39 is 22.9 Å². The fourth-order valence-electron chi connectivity index (χ4n) is 12.6. The fourth-order valence-corrected chi connectivity index (χ4v) is 12.6.